The minimum absolute atomic E-state index is 0.211. The molecule has 0 spiro atoms. The van der Waals surface area contributed by atoms with Gasteiger partial charge < -0.3 is 19.3 Å². The molecule has 0 radical (unpaired) electrons. The molecule has 0 bridgehead atoms. The number of aromatic nitrogens is 5. The van der Waals surface area contributed by atoms with Crippen molar-refractivity contribution in [3.8, 4) is 17.2 Å². The molecule has 0 amide bonds. The fourth-order valence-electron chi connectivity index (χ4n) is 3.28. The standard InChI is InChI=1S/C21H23FN8O3S/c1-13(7-18-25-10-15(22)11-26-18)34(31)29-21-28-27-20(14-8-23-12-24-9-14)30(21)19-16(32-2)5-4-6-17(19)33-3/h4-6,8-11,13,23H,7,12H2,1-3H3,(H,28,29). The Balaban J connectivity index is 1.71. The molecule has 0 saturated carbocycles. The van der Waals surface area contributed by atoms with Crippen molar-refractivity contribution < 1.29 is 18.4 Å². The van der Waals surface area contributed by atoms with E-state index in [2.05, 4.69) is 35.2 Å². The van der Waals surface area contributed by atoms with Crippen molar-refractivity contribution in [1.29, 1.82) is 0 Å². The molecule has 0 aliphatic carbocycles. The van der Waals surface area contributed by atoms with Gasteiger partial charge in [0.05, 0.1) is 50.0 Å². The average Bonchev–Trinajstić information content (AvgIpc) is 3.28. The number of allylic oxidation sites excluding steroid dienone is 1. The van der Waals surface area contributed by atoms with Crippen LogP contribution in [0.5, 0.6) is 11.5 Å². The average molecular weight is 487 g/mol. The Morgan fingerprint density at radius 1 is 1.21 bits per heavy atom. The summed E-state index contributed by atoms with van der Waals surface area (Å²) >= 11 is -1.61. The zero-order valence-electron chi connectivity index (χ0n) is 18.7. The van der Waals surface area contributed by atoms with Gasteiger partial charge in [0.2, 0.25) is 0 Å². The van der Waals surface area contributed by atoms with E-state index in [0.29, 0.717) is 41.1 Å². The Morgan fingerprint density at radius 2 is 1.91 bits per heavy atom. The third kappa shape index (κ3) is 4.94. The number of rotatable bonds is 9. The van der Waals surface area contributed by atoms with Crippen molar-refractivity contribution in [1.82, 2.24) is 30.0 Å². The highest BCUT2D eigenvalue weighted by Gasteiger charge is 2.28. The maximum atomic E-state index is 13.1. The first-order valence-electron chi connectivity index (χ1n) is 10.3. The van der Waals surface area contributed by atoms with Crippen LogP contribution in [0.1, 0.15) is 18.6 Å². The molecule has 0 saturated heterocycles. The fraction of sp³-hybridized carbons (Fsp3) is 0.286. The zero-order valence-corrected chi connectivity index (χ0v) is 19.5. The van der Waals surface area contributed by atoms with E-state index in [9.17, 15) is 8.94 Å². The van der Waals surface area contributed by atoms with Crippen molar-refractivity contribution in [3.05, 3.63) is 54.3 Å². The molecule has 4 rings (SSSR count). The van der Waals surface area contributed by atoms with E-state index in [0.717, 1.165) is 12.4 Å². The molecule has 2 aromatic heterocycles. The highest BCUT2D eigenvalue weighted by Crippen LogP contribution is 2.36. The Morgan fingerprint density at radius 3 is 2.53 bits per heavy atom. The summed E-state index contributed by atoms with van der Waals surface area (Å²) in [6.07, 6.45) is 5.87. The normalized spacial score (nSPS) is 14.7. The van der Waals surface area contributed by atoms with Crippen molar-refractivity contribution in [3.63, 3.8) is 0 Å². The van der Waals surface area contributed by atoms with Crippen LogP contribution >= 0.6 is 0 Å². The summed E-state index contributed by atoms with van der Waals surface area (Å²) in [6, 6.07) is 5.35. The van der Waals surface area contributed by atoms with E-state index in [4.69, 9.17) is 9.47 Å². The quantitative estimate of drug-likeness (QED) is 0.435. The molecule has 1 aromatic carbocycles. The first-order chi connectivity index (χ1) is 16.5. The number of benzene rings is 1. The van der Waals surface area contributed by atoms with Gasteiger partial charge >= 0.3 is 0 Å². The number of para-hydroxylation sites is 1. The largest absolute Gasteiger partial charge is 0.593 e. The number of aliphatic imine (C=N–C) groups is 1. The molecule has 11 nitrogen and oxygen atoms in total. The van der Waals surface area contributed by atoms with E-state index in [1.165, 1.54) is 0 Å². The Bertz CT molecular complexity index is 1180. The number of anilines is 1. The minimum atomic E-state index is -1.61. The second-order valence-corrected chi connectivity index (χ2v) is 8.80. The second-order valence-electron chi connectivity index (χ2n) is 7.20. The monoisotopic (exact) mass is 486 g/mol. The van der Waals surface area contributed by atoms with Gasteiger partial charge in [-0.3, -0.25) is 9.56 Å². The van der Waals surface area contributed by atoms with Crippen LogP contribution in [-0.4, -0.2) is 61.6 Å². The predicted octanol–water partition coefficient (Wildman–Crippen LogP) is 1.89. The topological polar surface area (TPSA) is 134 Å². The molecular weight excluding hydrogens is 463 g/mol. The van der Waals surface area contributed by atoms with E-state index in [-0.39, 0.29) is 12.4 Å². The zero-order chi connectivity index (χ0) is 24.1. The summed E-state index contributed by atoms with van der Waals surface area (Å²) in [5, 5.41) is 11.2. The Kier molecular flexibility index (Phi) is 7.23. The van der Waals surface area contributed by atoms with Crippen molar-refractivity contribution in [2.75, 3.05) is 25.6 Å². The summed E-state index contributed by atoms with van der Waals surface area (Å²) in [5.41, 5.74) is 1.19. The molecule has 34 heavy (non-hydrogen) atoms. The number of hydrogen-bond acceptors (Lipinski definition) is 10. The third-order valence-electron chi connectivity index (χ3n) is 4.92. The molecule has 1 aliphatic rings. The lowest BCUT2D eigenvalue weighted by atomic mass is 10.2. The molecule has 13 heteroatoms. The van der Waals surface area contributed by atoms with Crippen molar-refractivity contribution >= 4 is 29.1 Å². The maximum Gasteiger partial charge on any atom is 0.271 e. The van der Waals surface area contributed by atoms with Gasteiger partial charge in [0.1, 0.15) is 34.9 Å². The van der Waals surface area contributed by atoms with Crippen LogP contribution in [-0.2, 0) is 17.8 Å². The number of ether oxygens (including phenoxy) is 2. The van der Waals surface area contributed by atoms with Gasteiger partial charge in [-0.2, -0.15) is 4.72 Å². The van der Waals surface area contributed by atoms with Crippen LogP contribution < -0.4 is 19.5 Å². The smallest absolute Gasteiger partial charge is 0.271 e. The number of nitrogens with zero attached hydrogens (tertiary/aromatic N) is 6. The number of methoxy groups -OCH3 is 2. The molecule has 2 N–H and O–H groups in total. The lowest BCUT2D eigenvalue weighted by molar-refractivity contribution is 0.391. The summed E-state index contributed by atoms with van der Waals surface area (Å²) in [7, 11) is 3.09. The highest BCUT2D eigenvalue weighted by atomic mass is 32.2. The number of halogens is 1. The fourth-order valence-corrected chi connectivity index (χ4v) is 4.09. The van der Waals surface area contributed by atoms with Crippen LogP contribution in [0.4, 0.5) is 10.3 Å². The Hall–Kier alpha value is -3.71. The van der Waals surface area contributed by atoms with Gasteiger partial charge in [0, 0.05) is 12.4 Å². The van der Waals surface area contributed by atoms with Gasteiger partial charge in [0.25, 0.3) is 5.95 Å². The second kappa shape index (κ2) is 10.5. The van der Waals surface area contributed by atoms with Crippen LogP contribution in [0.2, 0.25) is 0 Å². The Labute approximate surface area is 198 Å². The van der Waals surface area contributed by atoms with Crippen LogP contribution in [0.15, 0.2) is 41.8 Å². The molecule has 3 aromatic rings. The van der Waals surface area contributed by atoms with Gasteiger partial charge in [-0.05, 0) is 19.1 Å². The molecule has 2 atom stereocenters. The van der Waals surface area contributed by atoms with Gasteiger partial charge in [-0.25, -0.2) is 14.4 Å². The summed E-state index contributed by atoms with van der Waals surface area (Å²) in [4.78, 5) is 12.1. The summed E-state index contributed by atoms with van der Waals surface area (Å²) in [5.74, 6) is 1.51. The van der Waals surface area contributed by atoms with Crippen LogP contribution in [0.25, 0.3) is 11.3 Å². The first kappa shape index (κ1) is 23.4. The summed E-state index contributed by atoms with van der Waals surface area (Å²) < 4.78 is 42.0. The van der Waals surface area contributed by atoms with Crippen molar-refractivity contribution in [2.24, 2.45) is 4.99 Å². The van der Waals surface area contributed by atoms with Gasteiger partial charge in [0.15, 0.2) is 11.6 Å². The van der Waals surface area contributed by atoms with E-state index in [1.807, 2.05) is 0 Å². The molecule has 1 aliphatic heterocycles. The lowest BCUT2D eigenvalue weighted by Crippen LogP contribution is -2.29. The molecule has 178 valence electrons. The highest BCUT2D eigenvalue weighted by molar-refractivity contribution is 7.93. The van der Waals surface area contributed by atoms with Crippen molar-refractivity contribution in [2.45, 2.75) is 18.6 Å². The predicted molar refractivity (Wildman–Crippen MR) is 126 cm³/mol. The molecule has 0 fully saturated rings. The molecule has 3 heterocycles. The van der Waals surface area contributed by atoms with E-state index in [1.54, 1.807) is 56.3 Å². The third-order valence-corrected chi connectivity index (χ3v) is 6.20. The van der Waals surface area contributed by atoms with Gasteiger partial charge in [-0.1, -0.05) is 6.07 Å². The maximum absolute atomic E-state index is 13.1. The van der Waals surface area contributed by atoms with Crippen LogP contribution in [0.3, 0.4) is 0 Å². The molecule has 2 unspecified atom stereocenters. The van der Waals surface area contributed by atoms with Gasteiger partial charge in [-0.15, -0.1) is 10.2 Å². The van der Waals surface area contributed by atoms with E-state index < -0.39 is 22.4 Å². The SMILES string of the molecule is COc1cccc(OC)c1-n1c(N[S+]([O-])C(C)Cc2ncc(F)cn2)nnc1C1=CNCN=C1. The number of nitrogens with one attached hydrogen (secondary N) is 2. The molecular formula is C21H23FN8O3S. The van der Waals surface area contributed by atoms with Crippen LogP contribution in [0, 0.1) is 5.82 Å². The minimum Gasteiger partial charge on any atom is -0.593 e. The first-order valence-corrected chi connectivity index (χ1v) is 11.5. The summed E-state index contributed by atoms with van der Waals surface area (Å²) in [6.45, 7) is 2.22. The number of hydrogen-bond donors (Lipinski definition) is 2. The van der Waals surface area contributed by atoms with E-state index >= 15 is 0 Å². The lowest BCUT2D eigenvalue weighted by Gasteiger charge is -2.20.